The number of hydrogen-bond acceptors (Lipinski definition) is 4. The third-order valence-corrected chi connectivity index (χ3v) is 5.42. The summed E-state index contributed by atoms with van der Waals surface area (Å²) < 4.78 is 26.2. The minimum atomic E-state index is -3.58. The number of rotatable bonds is 8. The van der Waals surface area contributed by atoms with E-state index < -0.39 is 10.0 Å². The summed E-state index contributed by atoms with van der Waals surface area (Å²) in [4.78, 5) is 12.2. The molecule has 0 unspecified atom stereocenters. The largest absolute Gasteiger partial charge is 0.352 e. The zero-order valence-electron chi connectivity index (χ0n) is 13.6. The van der Waals surface area contributed by atoms with Gasteiger partial charge in [0.1, 0.15) is 0 Å². The molecule has 6 nitrogen and oxygen atoms in total. The van der Waals surface area contributed by atoms with Gasteiger partial charge >= 0.3 is 0 Å². The Balaban J connectivity index is 2.88. The summed E-state index contributed by atoms with van der Waals surface area (Å²) in [6, 6.07) is 5.97. The standard InChI is InChI=1S/C15H25N3O3S/c1-12(2)18(4)22(20,21)14-8-5-7-13(11-14)15(19)17-10-6-9-16-3/h5,7-8,11-12,16H,6,9-10H2,1-4H3,(H,17,19). The molecule has 0 aromatic heterocycles. The smallest absolute Gasteiger partial charge is 0.251 e. The van der Waals surface area contributed by atoms with Crippen LogP contribution in [-0.2, 0) is 10.0 Å². The third kappa shape index (κ3) is 4.79. The van der Waals surface area contributed by atoms with Crippen LogP contribution in [0.2, 0.25) is 0 Å². The number of nitrogens with one attached hydrogen (secondary N) is 2. The maximum absolute atomic E-state index is 12.4. The molecule has 7 heteroatoms. The average Bonchev–Trinajstić information content (AvgIpc) is 2.50. The summed E-state index contributed by atoms with van der Waals surface area (Å²) in [7, 11) is -0.199. The van der Waals surface area contributed by atoms with Gasteiger partial charge in [0.25, 0.3) is 5.91 Å². The van der Waals surface area contributed by atoms with Gasteiger partial charge in [-0.3, -0.25) is 4.79 Å². The number of nitrogens with zero attached hydrogens (tertiary/aromatic N) is 1. The van der Waals surface area contributed by atoms with Crippen molar-refractivity contribution in [2.24, 2.45) is 0 Å². The second-order valence-corrected chi connectivity index (χ2v) is 7.35. The first-order chi connectivity index (χ1) is 10.3. The fourth-order valence-corrected chi connectivity index (χ4v) is 3.22. The van der Waals surface area contributed by atoms with Crippen LogP contribution in [0.25, 0.3) is 0 Å². The lowest BCUT2D eigenvalue weighted by atomic mass is 10.2. The Morgan fingerprint density at radius 2 is 1.95 bits per heavy atom. The number of carbonyl (C=O) groups excluding carboxylic acids is 1. The lowest BCUT2D eigenvalue weighted by Crippen LogP contribution is -2.33. The van der Waals surface area contributed by atoms with E-state index in [1.54, 1.807) is 26.0 Å². The van der Waals surface area contributed by atoms with Crippen LogP contribution in [0.4, 0.5) is 0 Å². The van der Waals surface area contributed by atoms with Gasteiger partial charge in [0.2, 0.25) is 10.0 Å². The fourth-order valence-electron chi connectivity index (χ4n) is 1.81. The molecule has 0 saturated carbocycles. The normalized spacial score (nSPS) is 11.9. The molecular weight excluding hydrogens is 302 g/mol. The highest BCUT2D eigenvalue weighted by Crippen LogP contribution is 2.17. The van der Waals surface area contributed by atoms with E-state index in [1.807, 2.05) is 7.05 Å². The molecule has 0 fully saturated rings. The Kier molecular flexibility index (Phi) is 6.99. The zero-order valence-corrected chi connectivity index (χ0v) is 14.4. The molecule has 124 valence electrons. The van der Waals surface area contributed by atoms with Crippen LogP contribution < -0.4 is 10.6 Å². The number of sulfonamides is 1. The fraction of sp³-hybridized carbons (Fsp3) is 0.533. The third-order valence-electron chi connectivity index (χ3n) is 3.39. The molecule has 0 aliphatic rings. The molecule has 1 aromatic carbocycles. The van der Waals surface area contributed by atoms with Crippen molar-refractivity contribution in [2.75, 3.05) is 27.2 Å². The molecule has 0 radical (unpaired) electrons. The molecule has 1 amide bonds. The number of carbonyl (C=O) groups is 1. The van der Waals surface area contributed by atoms with Gasteiger partial charge in [-0.05, 0) is 52.1 Å². The molecule has 0 aliphatic carbocycles. The van der Waals surface area contributed by atoms with Gasteiger partial charge in [0, 0.05) is 25.2 Å². The number of benzene rings is 1. The van der Waals surface area contributed by atoms with Gasteiger partial charge in [-0.2, -0.15) is 4.31 Å². The van der Waals surface area contributed by atoms with Gasteiger partial charge in [-0.1, -0.05) is 6.07 Å². The van der Waals surface area contributed by atoms with E-state index in [0.29, 0.717) is 12.1 Å². The molecule has 1 aromatic rings. The number of amides is 1. The zero-order chi connectivity index (χ0) is 16.8. The van der Waals surface area contributed by atoms with Gasteiger partial charge in [-0.15, -0.1) is 0 Å². The van der Waals surface area contributed by atoms with Crippen LogP contribution in [0.5, 0.6) is 0 Å². The van der Waals surface area contributed by atoms with Crippen LogP contribution in [0.15, 0.2) is 29.2 Å². The Bertz CT molecular complexity index is 600. The minimum absolute atomic E-state index is 0.131. The molecule has 0 atom stereocenters. The number of hydrogen-bond donors (Lipinski definition) is 2. The Morgan fingerprint density at radius 3 is 2.55 bits per heavy atom. The highest BCUT2D eigenvalue weighted by atomic mass is 32.2. The van der Waals surface area contributed by atoms with E-state index in [-0.39, 0.29) is 16.8 Å². The molecule has 0 spiro atoms. The molecule has 22 heavy (non-hydrogen) atoms. The van der Waals surface area contributed by atoms with Gasteiger partial charge in [0.05, 0.1) is 4.90 Å². The summed E-state index contributed by atoms with van der Waals surface area (Å²) in [6.45, 7) is 4.96. The monoisotopic (exact) mass is 327 g/mol. The Hall–Kier alpha value is -1.44. The molecule has 2 N–H and O–H groups in total. The second kappa shape index (κ2) is 8.26. The first-order valence-corrected chi connectivity index (χ1v) is 8.75. The lowest BCUT2D eigenvalue weighted by Gasteiger charge is -2.21. The molecule has 0 bridgehead atoms. The summed E-state index contributed by atoms with van der Waals surface area (Å²) in [5.74, 6) is -0.264. The van der Waals surface area contributed by atoms with Crippen LogP contribution in [0.1, 0.15) is 30.6 Å². The topological polar surface area (TPSA) is 78.5 Å². The van der Waals surface area contributed by atoms with Crippen LogP contribution >= 0.6 is 0 Å². The molecular formula is C15H25N3O3S. The molecule has 0 aliphatic heterocycles. The van der Waals surface area contributed by atoms with Gasteiger partial charge in [-0.25, -0.2) is 8.42 Å². The van der Waals surface area contributed by atoms with E-state index in [1.165, 1.54) is 23.5 Å². The highest BCUT2D eigenvalue weighted by molar-refractivity contribution is 7.89. The summed E-state index contributed by atoms with van der Waals surface area (Å²) >= 11 is 0. The van der Waals surface area contributed by atoms with Crippen molar-refractivity contribution in [1.29, 1.82) is 0 Å². The SMILES string of the molecule is CNCCCNC(=O)c1cccc(S(=O)(=O)N(C)C(C)C)c1. The van der Waals surface area contributed by atoms with Crippen molar-refractivity contribution < 1.29 is 13.2 Å². The Labute approximate surface area is 132 Å². The minimum Gasteiger partial charge on any atom is -0.352 e. The van der Waals surface area contributed by atoms with Crippen molar-refractivity contribution in [3.63, 3.8) is 0 Å². The quantitative estimate of drug-likeness (QED) is 0.700. The van der Waals surface area contributed by atoms with Gasteiger partial charge < -0.3 is 10.6 Å². The first-order valence-electron chi connectivity index (χ1n) is 7.31. The van der Waals surface area contributed by atoms with Crippen LogP contribution in [-0.4, -0.2) is 51.9 Å². The van der Waals surface area contributed by atoms with E-state index in [4.69, 9.17) is 0 Å². The van der Waals surface area contributed by atoms with E-state index in [9.17, 15) is 13.2 Å². The first kappa shape index (κ1) is 18.6. The van der Waals surface area contributed by atoms with Crippen LogP contribution in [0.3, 0.4) is 0 Å². The second-order valence-electron chi connectivity index (χ2n) is 5.36. The summed E-state index contributed by atoms with van der Waals surface area (Å²) in [5.41, 5.74) is 0.350. The molecule has 0 heterocycles. The van der Waals surface area contributed by atoms with E-state index in [2.05, 4.69) is 10.6 Å². The van der Waals surface area contributed by atoms with Crippen molar-refractivity contribution in [3.8, 4) is 0 Å². The average molecular weight is 327 g/mol. The van der Waals surface area contributed by atoms with Gasteiger partial charge in [0.15, 0.2) is 0 Å². The predicted molar refractivity (Wildman–Crippen MR) is 87.4 cm³/mol. The maximum atomic E-state index is 12.4. The van der Waals surface area contributed by atoms with Crippen molar-refractivity contribution in [1.82, 2.24) is 14.9 Å². The summed E-state index contributed by atoms with van der Waals surface area (Å²) in [5, 5.41) is 5.77. The summed E-state index contributed by atoms with van der Waals surface area (Å²) in [6.07, 6.45) is 0.816. The lowest BCUT2D eigenvalue weighted by molar-refractivity contribution is 0.0953. The van der Waals surface area contributed by atoms with E-state index >= 15 is 0 Å². The van der Waals surface area contributed by atoms with Crippen molar-refractivity contribution in [2.45, 2.75) is 31.2 Å². The molecule has 1 rings (SSSR count). The van der Waals surface area contributed by atoms with E-state index in [0.717, 1.165) is 13.0 Å². The predicted octanol–water partition coefficient (Wildman–Crippen LogP) is 1.05. The van der Waals surface area contributed by atoms with Crippen LogP contribution in [0, 0.1) is 0 Å². The van der Waals surface area contributed by atoms with Crippen molar-refractivity contribution in [3.05, 3.63) is 29.8 Å². The van der Waals surface area contributed by atoms with Crippen molar-refractivity contribution >= 4 is 15.9 Å². The highest BCUT2D eigenvalue weighted by Gasteiger charge is 2.23. The maximum Gasteiger partial charge on any atom is 0.251 e. The Morgan fingerprint density at radius 1 is 1.27 bits per heavy atom. The molecule has 0 saturated heterocycles.